The summed E-state index contributed by atoms with van der Waals surface area (Å²) < 4.78 is 11.3. The summed E-state index contributed by atoms with van der Waals surface area (Å²) in [5.74, 6) is 3.32. The maximum atomic E-state index is 5.89. The van der Waals surface area contributed by atoms with Gasteiger partial charge in [0.2, 0.25) is 5.95 Å². The molecule has 2 aliphatic heterocycles. The molecule has 7 heteroatoms. The Balaban J connectivity index is 1.24. The van der Waals surface area contributed by atoms with E-state index in [9.17, 15) is 0 Å². The predicted octanol–water partition coefficient (Wildman–Crippen LogP) is 3.56. The molecule has 1 N–H and O–H groups in total. The normalized spacial score (nSPS) is 18.4. The largest absolute Gasteiger partial charge is 0.494 e. The van der Waals surface area contributed by atoms with E-state index in [4.69, 9.17) is 14.5 Å². The van der Waals surface area contributed by atoms with Crippen LogP contribution in [0.4, 0.5) is 17.5 Å². The molecule has 2 fully saturated rings. The summed E-state index contributed by atoms with van der Waals surface area (Å²) in [7, 11) is 0. The molecule has 1 aromatic heterocycles. The summed E-state index contributed by atoms with van der Waals surface area (Å²) in [5, 5.41) is 3.31. The molecule has 0 atom stereocenters. The summed E-state index contributed by atoms with van der Waals surface area (Å²) in [5.41, 5.74) is 0.958. The van der Waals surface area contributed by atoms with Gasteiger partial charge in [0, 0.05) is 44.6 Å². The lowest BCUT2D eigenvalue weighted by Gasteiger charge is -2.31. The maximum absolute atomic E-state index is 5.89. The Morgan fingerprint density at radius 1 is 1.07 bits per heavy atom. The second kappa shape index (κ2) is 10.6. The van der Waals surface area contributed by atoms with Crippen molar-refractivity contribution in [3.8, 4) is 5.75 Å². The van der Waals surface area contributed by atoms with Crippen molar-refractivity contribution in [2.45, 2.75) is 26.2 Å². The zero-order valence-electron chi connectivity index (χ0n) is 17.9. The van der Waals surface area contributed by atoms with Crippen LogP contribution in [0.2, 0.25) is 0 Å². The topological polar surface area (TPSA) is 62.8 Å². The molecule has 0 radical (unpaired) electrons. The van der Waals surface area contributed by atoms with Gasteiger partial charge in [0.15, 0.2) is 0 Å². The van der Waals surface area contributed by atoms with Crippen molar-refractivity contribution in [2.24, 2.45) is 5.92 Å². The Bertz CT molecular complexity index is 771. The van der Waals surface area contributed by atoms with E-state index in [1.54, 1.807) is 0 Å². The molecular weight excluding hydrogens is 378 g/mol. The van der Waals surface area contributed by atoms with Crippen LogP contribution in [-0.4, -0.2) is 67.4 Å². The molecule has 0 saturated carbocycles. The number of anilines is 3. The van der Waals surface area contributed by atoms with E-state index >= 15 is 0 Å². The van der Waals surface area contributed by atoms with Crippen LogP contribution in [0.25, 0.3) is 0 Å². The highest BCUT2D eigenvalue weighted by atomic mass is 16.5. The van der Waals surface area contributed by atoms with Crippen LogP contribution in [0.5, 0.6) is 5.75 Å². The fourth-order valence-electron chi connectivity index (χ4n) is 3.89. The molecule has 0 aliphatic carbocycles. The highest BCUT2D eigenvalue weighted by Crippen LogP contribution is 2.23. The molecule has 0 bridgehead atoms. The average molecular weight is 412 g/mol. The minimum Gasteiger partial charge on any atom is -0.494 e. The average Bonchev–Trinajstić information content (AvgIpc) is 2.79. The van der Waals surface area contributed by atoms with Crippen LogP contribution in [0, 0.1) is 5.92 Å². The number of aromatic nitrogens is 2. The second-order valence-corrected chi connectivity index (χ2v) is 8.21. The van der Waals surface area contributed by atoms with Gasteiger partial charge in [0.1, 0.15) is 11.6 Å². The molecule has 1 aromatic carbocycles. The first-order valence-corrected chi connectivity index (χ1v) is 11.1. The number of ether oxygens (including phenoxy) is 2. The Kier molecular flexibility index (Phi) is 7.37. The summed E-state index contributed by atoms with van der Waals surface area (Å²) in [6, 6.07) is 10.0. The van der Waals surface area contributed by atoms with E-state index in [1.807, 2.05) is 36.5 Å². The molecule has 2 saturated heterocycles. The molecule has 7 nitrogen and oxygen atoms in total. The van der Waals surface area contributed by atoms with E-state index in [1.165, 1.54) is 12.8 Å². The predicted molar refractivity (Wildman–Crippen MR) is 120 cm³/mol. The van der Waals surface area contributed by atoms with Gasteiger partial charge in [-0.2, -0.15) is 4.98 Å². The van der Waals surface area contributed by atoms with Gasteiger partial charge in [-0.1, -0.05) is 6.92 Å². The van der Waals surface area contributed by atoms with Crippen molar-refractivity contribution in [3.05, 3.63) is 36.5 Å². The minimum absolute atomic E-state index is 0.630. The molecule has 0 amide bonds. The summed E-state index contributed by atoms with van der Waals surface area (Å²) in [4.78, 5) is 13.9. The maximum Gasteiger partial charge on any atom is 0.229 e. The first-order chi connectivity index (χ1) is 14.8. The van der Waals surface area contributed by atoms with Gasteiger partial charge in [-0.05, 0) is 55.5 Å². The fraction of sp³-hybridized carbons (Fsp3) is 0.565. The lowest BCUT2D eigenvalue weighted by Crippen LogP contribution is -2.37. The molecule has 3 heterocycles. The van der Waals surface area contributed by atoms with Crippen molar-refractivity contribution in [1.82, 2.24) is 14.9 Å². The highest BCUT2D eigenvalue weighted by molar-refractivity contribution is 5.56. The van der Waals surface area contributed by atoms with Crippen molar-refractivity contribution in [2.75, 3.05) is 62.8 Å². The Hall–Kier alpha value is -2.38. The van der Waals surface area contributed by atoms with Gasteiger partial charge in [-0.25, -0.2) is 4.98 Å². The van der Waals surface area contributed by atoms with Crippen molar-refractivity contribution in [1.29, 1.82) is 0 Å². The Morgan fingerprint density at radius 3 is 2.60 bits per heavy atom. The fourth-order valence-corrected chi connectivity index (χ4v) is 3.89. The third kappa shape index (κ3) is 6.06. The van der Waals surface area contributed by atoms with Gasteiger partial charge < -0.3 is 19.7 Å². The van der Waals surface area contributed by atoms with Gasteiger partial charge in [-0.15, -0.1) is 0 Å². The third-order valence-corrected chi connectivity index (χ3v) is 5.85. The smallest absolute Gasteiger partial charge is 0.229 e. The third-order valence-electron chi connectivity index (χ3n) is 5.85. The molecule has 4 rings (SSSR count). The summed E-state index contributed by atoms with van der Waals surface area (Å²) >= 11 is 0. The number of rotatable bonds is 8. The van der Waals surface area contributed by atoms with Crippen molar-refractivity contribution >= 4 is 17.5 Å². The van der Waals surface area contributed by atoms with Gasteiger partial charge >= 0.3 is 0 Å². The standard InChI is InChI=1S/C23H33N5O2/c1-19-8-12-28(13-9-19)22-7-10-24-23(26-22)25-20-3-5-21(6-4-20)30-16-2-11-27-14-17-29-18-15-27/h3-7,10,19H,2,8-9,11-18H2,1H3,(H,24,25,26). The van der Waals surface area contributed by atoms with E-state index in [-0.39, 0.29) is 0 Å². The molecular formula is C23H33N5O2. The van der Waals surface area contributed by atoms with Crippen LogP contribution < -0.4 is 15.0 Å². The monoisotopic (exact) mass is 411 g/mol. The van der Waals surface area contributed by atoms with E-state index in [2.05, 4.69) is 27.0 Å². The van der Waals surface area contributed by atoms with E-state index in [0.29, 0.717) is 5.95 Å². The Labute approximate surface area is 179 Å². The number of piperidine rings is 1. The number of nitrogens with one attached hydrogen (secondary N) is 1. The summed E-state index contributed by atoms with van der Waals surface area (Å²) in [6.45, 7) is 9.99. The van der Waals surface area contributed by atoms with Crippen LogP contribution in [0.3, 0.4) is 0 Å². The minimum atomic E-state index is 0.630. The van der Waals surface area contributed by atoms with E-state index in [0.717, 1.165) is 82.1 Å². The van der Waals surface area contributed by atoms with E-state index < -0.39 is 0 Å². The van der Waals surface area contributed by atoms with Crippen LogP contribution >= 0.6 is 0 Å². The molecule has 2 aromatic rings. The lowest BCUT2D eigenvalue weighted by atomic mass is 9.99. The Morgan fingerprint density at radius 2 is 1.83 bits per heavy atom. The highest BCUT2D eigenvalue weighted by Gasteiger charge is 2.17. The zero-order valence-corrected chi connectivity index (χ0v) is 17.9. The van der Waals surface area contributed by atoms with Crippen LogP contribution in [0.15, 0.2) is 36.5 Å². The zero-order chi connectivity index (χ0) is 20.6. The first-order valence-electron chi connectivity index (χ1n) is 11.1. The number of hydrogen-bond donors (Lipinski definition) is 1. The SMILES string of the molecule is CC1CCN(c2ccnc(Nc3ccc(OCCCN4CCOCC4)cc3)n2)CC1. The van der Waals surface area contributed by atoms with Crippen LogP contribution in [-0.2, 0) is 4.74 Å². The van der Waals surface area contributed by atoms with Crippen molar-refractivity contribution in [3.63, 3.8) is 0 Å². The van der Waals surface area contributed by atoms with Gasteiger partial charge in [0.25, 0.3) is 0 Å². The van der Waals surface area contributed by atoms with Gasteiger partial charge in [-0.3, -0.25) is 4.90 Å². The number of morpholine rings is 1. The molecule has 2 aliphatic rings. The quantitative estimate of drug-likeness (QED) is 0.667. The second-order valence-electron chi connectivity index (χ2n) is 8.21. The molecule has 162 valence electrons. The van der Waals surface area contributed by atoms with Gasteiger partial charge in [0.05, 0.1) is 19.8 Å². The number of nitrogens with zero attached hydrogens (tertiary/aromatic N) is 4. The van der Waals surface area contributed by atoms with Crippen molar-refractivity contribution < 1.29 is 9.47 Å². The molecule has 0 spiro atoms. The number of hydrogen-bond acceptors (Lipinski definition) is 7. The first kappa shape index (κ1) is 20.9. The number of benzene rings is 1. The molecule has 30 heavy (non-hydrogen) atoms. The lowest BCUT2D eigenvalue weighted by molar-refractivity contribution is 0.0358. The summed E-state index contributed by atoms with van der Waals surface area (Å²) in [6.07, 6.45) is 5.30. The van der Waals surface area contributed by atoms with Crippen LogP contribution in [0.1, 0.15) is 26.2 Å². The molecule has 0 unspecified atom stereocenters.